The first-order chi connectivity index (χ1) is 9.76. The molecule has 2 aromatic carbocycles. The van der Waals surface area contributed by atoms with Gasteiger partial charge in [0.25, 0.3) is 0 Å². The molecule has 0 N–H and O–H groups in total. The third-order valence-electron chi connectivity index (χ3n) is 2.86. The van der Waals surface area contributed by atoms with Crippen LogP contribution in [0, 0.1) is 45.3 Å². The highest BCUT2D eigenvalue weighted by Gasteiger charge is 2.17. The Morgan fingerprint density at radius 3 is 0.950 bits per heavy atom. The molecule has 0 aliphatic carbocycles. The molecule has 4 nitrogen and oxygen atoms in total. The van der Waals surface area contributed by atoms with Crippen LogP contribution in [-0.4, -0.2) is 0 Å². The monoisotopic (exact) mass is 254 g/mol. The average Bonchev–Trinajstić information content (AvgIpc) is 2.52. The zero-order valence-corrected chi connectivity index (χ0v) is 10.3. The number of nitriles is 4. The van der Waals surface area contributed by atoms with E-state index in [0.29, 0.717) is 11.1 Å². The minimum absolute atomic E-state index is 0.267. The van der Waals surface area contributed by atoms with Crippen molar-refractivity contribution in [2.45, 2.75) is 0 Å². The van der Waals surface area contributed by atoms with Crippen LogP contribution in [0.15, 0.2) is 36.4 Å². The molecule has 2 rings (SSSR count). The van der Waals surface area contributed by atoms with E-state index in [9.17, 15) is 21.0 Å². The van der Waals surface area contributed by atoms with Gasteiger partial charge in [0.1, 0.15) is 0 Å². The van der Waals surface area contributed by atoms with E-state index in [-0.39, 0.29) is 22.3 Å². The largest absolute Gasteiger partial charge is 0.192 e. The molecule has 0 amide bonds. The standard InChI is InChI=1S/C16H6N4/c17-7-11-3-1-4-12(8-18)15(11)16-13(9-19)5-2-6-14(16)10-20/h1-6H. The van der Waals surface area contributed by atoms with Crippen LogP contribution in [0.5, 0.6) is 0 Å². The van der Waals surface area contributed by atoms with Gasteiger partial charge in [-0.15, -0.1) is 0 Å². The summed E-state index contributed by atoms with van der Waals surface area (Å²) >= 11 is 0. The lowest BCUT2D eigenvalue weighted by atomic mass is 9.89. The zero-order valence-electron chi connectivity index (χ0n) is 10.3. The molecule has 90 valence electrons. The first kappa shape index (κ1) is 12.8. The molecule has 0 fully saturated rings. The molecule has 0 radical (unpaired) electrons. The molecule has 0 bridgehead atoms. The fourth-order valence-electron chi connectivity index (χ4n) is 2.02. The van der Waals surface area contributed by atoms with Crippen LogP contribution < -0.4 is 0 Å². The first-order valence-electron chi connectivity index (χ1n) is 5.63. The normalized spacial score (nSPS) is 8.80. The van der Waals surface area contributed by atoms with Gasteiger partial charge in [0, 0.05) is 11.1 Å². The second-order valence-corrected chi connectivity index (χ2v) is 3.90. The van der Waals surface area contributed by atoms with Crippen molar-refractivity contribution in [3.63, 3.8) is 0 Å². The predicted octanol–water partition coefficient (Wildman–Crippen LogP) is 2.84. The van der Waals surface area contributed by atoms with E-state index in [2.05, 4.69) is 0 Å². The summed E-state index contributed by atoms with van der Waals surface area (Å²) in [5.74, 6) is 0. The smallest absolute Gasteiger partial charge is 0.0998 e. The molecule has 4 heteroatoms. The molecule has 0 aromatic heterocycles. The maximum absolute atomic E-state index is 9.20. The van der Waals surface area contributed by atoms with Crippen molar-refractivity contribution >= 4 is 0 Å². The second-order valence-electron chi connectivity index (χ2n) is 3.90. The SMILES string of the molecule is N#Cc1cccc(C#N)c1-c1c(C#N)cccc1C#N. The van der Waals surface area contributed by atoms with Gasteiger partial charge in [0.05, 0.1) is 46.5 Å². The van der Waals surface area contributed by atoms with Crippen molar-refractivity contribution in [3.05, 3.63) is 58.7 Å². The highest BCUT2D eigenvalue weighted by Crippen LogP contribution is 2.32. The molecule has 0 heterocycles. The molecule has 0 saturated heterocycles. The predicted molar refractivity (Wildman–Crippen MR) is 70.7 cm³/mol. The fraction of sp³-hybridized carbons (Fsp3) is 0. The number of nitrogens with zero attached hydrogens (tertiary/aromatic N) is 4. The number of benzene rings is 2. The third kappa shape index (κ3) is 1.95. The summed E-state index contributed by atoms with van der Waals surface area (Å²) in [7, 11) is 0. The van der Waals surface area contributed by atoms with E-state index >= 15 is 0 Å². The van der Waals surface area contributed by atoms with Gasteiger partial charge in [-0.2, -0.15) is 21.0 Å². The lowest BCUT2D eigenvalue weighted by molar-refractivity contribution is 1.40. The highest BCUT2D eigenvalue weighted by atomic mass is 14.3. The topological polar surface area (TPSA) is 95.2 Å². The van der Waals surface area contributed by atoms with Crippen LogP contribution >= 0.6 is 0 Å². The zero-order chi connectivity index (χ0) is 14.5. The number of rotatable bonds is 1. The van der Waals surface area contributed by atoms with Crippen molar-refractivity contribution in [1.29, 1.82) is 21.0 Å². The Kier molecular flexibility index (Phi) is 3.45. The van der Waals surface area contributed by atoms with Crippen LogP contribution in [0.25, 0.3) is 11.1 Å². The molecule has 2 aromatic rings. The lowest BCUT2D eigenvalue weighted by Gasteiger charge is -2.10. The Bertz CT molecular complexity index is 714. The Balaban J connectivity index is 2.98. The minimum Gasteiger partial charge on any atom is -0.192 e. The second kappa shape index (κ2) is 5.36. The molecule has 0 saturated carbocycles. The maximum atomic E-state index is 9.20. The maximum Gasteiger partial charge on any atom is 0.0998 e. The summed E-state index contributed by atoms with van der Waals surface area (Å²) in [6.07, 6.45) is 0. The molecule has 20 heavy (non-hydrogen) atoms. The molecule has 0 aliphatic rings. The van der Waals surface area contributed by atoms with E-state index in [1.165, 1.54) is 0 Å². The Hall–Kier alpha value is -3.60. The summed E-state index contributed by atoms with van der Waals surface area (Å²) in [5, 5.41) is 36.8. The molecular formula is C16H6N4. The molecular weight excluding hydrogens is 248 g/mol. The summed E-state index contributed by atoms with van der Waals surface area (Å²) in [4.78, 5) is 0. The first-order valence-corrected chi connectivity index (χ1v) is 5.63. The van der Waals surface area contributed by atoms with Gasteiger partial charge in [-0.25, -0.2) is 0 Å². The van der Waals surface area contributed by atoms with Crippen molar-refractivity contribution in [3.8, 4) is 35.4 Å². The van der Waals surface area contributed by atoms with E-state index in [4.69, 9.17) is 0 Å². The molecule has 0 unspecified atom stereocenters. The van der Waals surface area contributed by atoms with Gasteiger partial charge in [-0.05, 0) is 24.3 Å². The van der Waals surface area contributed by atoms with E-state index in [0.717, 1.165) is 0 Å². The summed E-state index contributed by atoms with van der Waals surface area (Å²) in [6.45, 7) is 0. The van der Waals surface area contributed by atoms with E-state index < -0.39 is 0 Å². The van der Waals surface area contributed by atoms with Crippen molar-refractivity contribution in [1.82, 2.24) is 0 Å². The summed E-state index contributed by atoms with van der Waals surface area (Å²) in [6, 6.07) is 17.4. The number of hydrogen-bond acceptors (Lipinski definition) is 4. The van der Waals surface area contributed by atoms with Crippen LogP contribution in [0.3, 0.4) is 0 Å². The molecule has 0 atom stereocenters. The van der Waals surface area contributed by atoms with Crippen LogP contribution in [0.2, 0.25) is 0 Å². The Morgan fingerprint density at radius 1 is 0.500 bits per heavy atom. The summed E-state index contributed by atoms with van der Waals surface area (Å²) < 4.78 is 0. The fourth-order valence-corrected chi connectivity index (χ4v) is 2.02. The van der Waals surface area contributed by atoms with Gasteiger partial charge in [0.15, 0.2) is 0 Å². The van der Waals surface area contributed by atoms with Crippen molar-refractivity contribution in [2.24, 2.45) is 0 Å². The van der Waals surface area contributed by atoms with Crippen LogP contribution in [0.1, 0.15) is 22.3 Å². The lowest BCUT2D eigenvalue weighted by Crippen LogP contribution is -1.96. The van der Waals surface area contributed by atoms with Gasteiger partial charge in [0.2, 0.25) is 0 Å². The third-order valence-corrected chi connectivity index (χ3v) is 2.86. The Morgan fingerprint density at radius 2 is 0.750 bits per heavy atom. The Labute approximate surface area is 116 Å². The highest BCUT2D eigenvalue weighted by molar-refractivity contribution is 5.84. The van der Waals surface area contributed by atoms with Gasteiger partial charge in [-0.3, -0.25) is 0 Å². The van der Waals surface area contributed by atoms with Crippen LogP contribution in [-0.2, 0) is 0 Å². The quantitative estimate of drug-likeness (QED) is 0.781. The van der Waals surface area contributed by atoms with Crippen LogP contribution in [0.4, 0.5) is 0 Å². The average molecular weight is 254 g/mol. The van der Waals surface area contributed by atoms with Crippen molar-refractivity contribution in [2.75, 3.05) is 0 Å². The van der Waals surface area contributed by atoms with Gasteiger partial charge >= 0.3 is 0 Å². The van der Waals surface area contributed by atoms with E-state index in [1.54, 1.807) is 36.4 Å². The van der Waals surface area contributed by atoms with Gasteiger partial charge in [-0.1, -0.05) is 12.1 Å². The summed E-state index contributed by atoms with van der Waals surface area (Å²) in [5.41, 5.74) is 1.75. The minimum atomic E-state index is 0.267. The molecule has 0 aliphatic heterocycles. The molecule has 0 spiro atoms. The number of hydrogen-bond donors (Lipinski definition) is 0. The van der Waals surface area contributed by atoms with Crippen molar-refractivity contribution < 1.29 is 0 Å². The van der Waals surface area contributed by atoms with E-state index in [1.807, 2.05) is 24.3 Å². The van der Waals surface area contributed by atoms with Gasteiger partial charge < -0.3 is 0 Å².